The van der Waals surface area contributed by atoms with E-state index < -0.39 is 11.9 Å². The third kappa shape index (κ3) is 3.84. The number of aromatic nitrogens is 2. The number of piperazine rings is 1. The van der Waals surface area contributed by atoms with Gasteiger partial charge >= 0.3 is 6.18 Å². The molecule has 1 aliphatic rings. The lowest BCUT2D eigenvalue weighted by atomic mass is 10.2. The molecule has 0 saturated carbocycles. The summed E-state index contributed by atoms with van der Waals surface area (Å²) in [5, 5.41) is 3.86. The summed E-state index contributed by atoms with van der Waals surface area (Å²) < 4.78 is 38.2. The topological polar surface area (TPSA) is 49.3 Å². The average Bonchev–Trinajstić information content (AvgIpc) is 3.07. The first kappa shape index (κ1) is 16.7. The van der Waals surface area contributed by atoms with Gasteiger partial charge in [0.05, 0.1) is 6.42 Å². The van der Waals surface area contributed by atoms with E-state index in [4.69, 9.17) is 0 Å². The Kier molecular flexibility index (Phi) is 4.70. The molecule has 0 spiro atoms. The zero-order valence-electron chi connectivity index (χ0n) is 12.7. The molecule has 0 aliphatic carbocycles. The Balaban J connectivity index is 1.60. The van der Waals surface area contributed by atoms with Gasteiger partial charge < -0.3 is 9.80 Å². The van der Waals surface area contributed by atoms with Gasteiger partial charge in [0.2, 0.25) is 5.91 Å². The highest BCUT2D eigenvalue weighted by molar-refractivity contribution is 7.08. The van der Waals surface area contributed by atoms with Crippen molar-refractivity contribution in [3.63, 3.8) is 0 Å². The van der Waals surface area contributed by atoms with Crippen molar-refractivity contribution in [3.8, 4) is 0 Å². The summed E-state index contributed by atoms with van der Waals surface area (Å²) in [4.78, 5) is 22.9. The van der Waals surface area contributed by atoms with Crippen LogP contribution in [-0.4, -0.2) is 47.0 Å². The summed E-state index contributed by atoms with van der Waals surface area (Å²) in [6.45, 7) is 1.83. The number of hydrogen-bond donors (Lipinski definition) is 0. The fourth-order valence-electron chi connectivity index (χ4n) is 2.54. The third-order valence-corrected chi connectivity index (χ3v) is 4.57. The number of halogens is 3. The number of carbonyl (C=O) groups excluding carboxylic acids is 1. The molecule has 0 radical (unpaired) electrons. The maximum absolute atomic E-state index is 12.7. The molecule has 128 valence electrons. The number of hydrogen-bond acceptors (Lipinski definition) is 5. The summed E-state index contributed by atoms with van der Waals surface area (Å²) >= 11 is 1.54. The lowest BCUT2D eigenvalue weighted by Crippen LogP contribution is -2.49. The zero-order valence-corrected chi connectivity index (χ0v) is 13.5. The van der Waals surface area contributed by atoms with Gasteiger partial charge in [-0.2, -0.15) is 24.5 Å². The molecule has 0 bridgehead atoms. The van der Waals surface area contributed by atoms with Crippen LogP contribution in [0.25, 0.3) is 0 Å². The minimum absolute atomic E-state index is 0.0340. The lowest BCUT2D eigenvalue weighted by molar-refractivity contribution is -0.141. The van der Waals surface area contributed by atoms with Gasteiger partial charge in [0.15, 0.2) is 0 Å². The Morgan fingerprint density at radius 2 is 1.96 bits per heavy atom. The van der Waals surface area contributed by atoms with E-state index in [0.29, 0.717) is 32.6 Å². The monoisotopic (exact) mass is 356 g/mol. The van der Waals surface area contributed by atoms with Crippen molar-refractivity contribution >= 4 is 23.1 Å². The summed E-state index contributed by atoms with van der Waals surface area (Å²) in [5.41, 5.74) is 0.0292. The summed E-state index contributed by atoms with van der Waals surface area (Å²) in [5.74, 6) is 0.272. The largest absolute Gasteiger partial charge is 0.433 e. The minimum atomic E-state index is -4.49. The highest BCUT2D eigenvalue weighted by Gasteiger charge is 2.33. The highest BCUT2D eigenvalue weighted by atomic mass is 32.1. The number of carbonyl (C=O) groups is 1. The Hall–Kier alpha value is -2.16. The van der Waals surface area contributed by atoms with Crippen LogP contribution in [-0.2, 0) is 17.4 Å². The zero-order chi connectivity index (χ0) is 17.2. The molecular weight excluding hydrogens is 341 g/mol. The quantitative estimate of drug-likeness (QED) is 0.848. The molecule has 5 nitrogen and oxygen atoms in total. The second kappa shape index (κ2) is 6.76. The van der Waals surface area contributed by atoms with E-state index in [1.165, 1.54) is 0 Å². The molecule has 0 atom stereocenters. The van der Waals surface area contributed by atoms with Crippen LogP contribution in [0.4, 0.5) is 19.0 Å². The van der Waals surface area contributed by atoms with E-state index in [1.54, 1.807) is 21.1 Å². The molecule has 2 aromatic rings. The molecule has 1 aliphatic heterocycles. The van der Waals surface area contributed by atoms with Crippen molar-refractivity contribution < 1.29 is 18.0 Å². The lowest BCUT2D eigenvalue weighted by Gasteiger charge is -2.35. The minimum Gasteiger partial charge on any atom is -0.353 e. The standard InChI is InChI=1S/C15H15F3N4OS/c16-15(17,18)12-8-13(20-10-19-12)21-2-4-22(5-3-21)14(23)7-11-1-6-24-9-11/h1,6,8-10H,2-5,7H2. The second-order valence-corrected chi connectivity index (χ2v) is 6.22. The highest BCUT2D eigenvalue weighted by Crippen LogP contribution is 2.29. The molecule has 1 fully saturated rings. The summed E-state index contributed by atoms with van der Waals surface area (Å²) in [7, 11) is 0. The number of rotatable bonds is 3. The molecule has 9 heteroatoms. The summed E-state index contributed by atoms with van der Waals surface area (Å²) in [6, 6.07) is 2.86. The van der Waals surface area contributed by atoms with Gasteiger partial charge in [-0.15, -0.1) is 0 Å². The predicted molar refractivity (Wildman–Crippen MR) is 83.9 cm³/mol. The average molecular weight is 356 g/mol. The van der Waals surface area contributed by atoms with Crippen LogP contribution in [0, 0.1) is 0 Å². The van der Waals surface area contributed by atoms with E-state index in [0.717, 1.165) is 18.0 Å². The third-order valence-electron chi connectivity index (χ3n) is 3.83. The van der Waals surface area contributed by atoms with Crippen molar-refractivity contribution in [1.29, 1.82) is 0 Å². The van der Waals surface area contributed by atoms with Gasteiger partial charge in [-0.1, -0.05) is 0 Å². The van der Waals surface area contributed by atoms with E-state index in [2.05, 4.69) is 9.97 Å². The van der Waals surface area contributed by atoms with E-state index >= 15 is 0 Å². The molecule has 1 amide bonds. The normalized spacial score (nSPS) is 15.6. The Morgan fingerprint density at radius 3 is 2.58 bits per heavy atom. The van der Waals surface area contributed by atoms with Gasteiger partial charge in [-0.3, -0.25) is 4.79 Å². The molecule has 3 rings (SSSR count). The maximum Gasteiger partial charge on any atom is 0.433 e. The molecule has 3 heterocycles. The van der Waals surface area contributed by atoms with Crippen molar-refractivity contribution in [2.24, 2.45) is 0 Å². The van der Waals surface area contributed by atoms with Crippen molar-refractivity contribution in [1.82, 2.24) is 14.9 Å². The first-order chi connectivity index (χ1) is 11.4. The van der Waals surface area contributed by atoms with Crippen LogP contribution < -0.4 is 4.90 Å². The predicted octanol–water partition coefficient (Wildman–Crippen LogP) is 2.45. The van der Waals surface area contributed by atoms with Gasteiger partial charge in [-0.05, 0) is 22.4 Å². The fraction of sp³-hybridized carbons (Fsp3) is 0.400. The van der Waals surface area contributed by atoms with E-state index in [9.17, 15) is 18.0 Å². The molecule has 0 N–H and O–H groups in total. The molecule has 24 heavy (non-hydrogen) atoms. The molecule has 1 saturated heterocycles. The smallest absolute Gasteiger partial charge is 0.353 e. The number of thiophene rings is 1. The molecule has 0 aromatic carbocycles. The Labute approximate surface area is 140 Å². The van der Waals surface area contributed by atoms with Crippen LogP contribution in [0.15, 0.2) is 29.2 Å². The van der Waals surface area contributed by atoms with Crippen LogP contribution in [0.2, 0.25) is 0 Å². The number of alkyl halides is 3. The van der Waals surface area contributed by atoms with Crippen LogP contribution in [0.1, 0.15) is 11.3 Å². The molecule has 2 aromatic heterocycles. The Morgan fingerprint density at radius 1 is 1.21 bits per heavy atom. The Bertz CT molecular complexity index is 697. The van der Waals surface area contributed by atoms with Crippen molar-refractivity contribution in [3.05, 3.63) is 40.5 Å². The van der Waals surface area contributed by atoms with Crippen LogP contribution >= 0.6 is 11.3 Å². The maximum atomic E-state index is 12.7. The number of anilines is 1. The van der Waals surface area contributed by atoms with E-state index in [1.807, 2.05) is 16.8 Å². The molecular formula is C15H15F3N4OS. The number of amides is 1. The van der Waals surface area contributed by atoms with Crippen molar-refractivity contribution in [2.45, 2.75) is 12.6 Å². The first-order valence-electron chi connectivity index (χ1n) is 7.36. The van der Waals surface area contributed by atoms with Crippen LogP contribution in [0.3, 0.4) is 0 Å². The number of nitrogens with zero attached hydrogens (tertiary/aromatic N) is 4. The molecule has 0 unspecified atom stereocenters. The van der Waals surface area contributed by atoms with Gasteiger partial charge in [-0.25, -0.2) is 9.97 Å². The SMILES string of the molecule is O=C(Cc1ccsc1)N1CCN(c2cc(C(F)(F)F)ncn2)CC1. The fourth-order valence-corrected chi connectivity index (χ4v) is 3.21. The first-order valence-corrected chi connectivity index (χ1v) is 8.31. The van der Waals surface area contributed by atoms with Gasteiger partial charge in [0.25, 0.3) is 0 Å². The van der Waals surface area contributed by atoms with Crippen LogP contribution in [0.5, 0.6) is 0 Å². The second-order valence-electron chi connectivity index (χ2n) is 5.44. The van der Waals surface area contributed by atoms with Gasteiger partial charge in [0, 0.05) is 32.2 Å². The van der Waals surface area contributed by atoms with E-state index in [-0.39, 0.29) is 11.7 Å². The van der Waals surface area contributed by atoms with Crippen molar-refractivity contribution in [2.75, 3.05) is 31.1 Å². The summed E-state index contributed by atoms with van der Waals surface area (Å²) in [6.07, 6.45) is -3.21. The van der Waals surface area contributed by atoms with Gasteiger partial charge in [0.1, 0.15) is 17.8 Å².